The van der Waals surface area contributed by atoms with Crippen molar-refractivity contribution in [3.05, 3.63) is 16.9 Å². The van der Waals surface area contributed by atoms with Crippen LogP contribution in [0, 0.1) is 0 Å². The third-order valence-corrected chi connectivity index (χ3v) is 5.74. The first-order valence-corrected chi connectivity index (χ1v) is 9.36. The van der Waals surface area contributed by atoms with E-state index in [-0.39, 0.29) is 24.4 Å². The predicted molar refractivity (Wildman–Crippen MR) is 108 cm³/mol. The van der Waals surface area contributed by atoms with Crippen LogP contribution in [0.4, 0.5) is 11.4 Å². The number of methoxy groups -OCH3 is 1. The van der Waals surface area contributed by atoms with Crippen LogP contribution >= 0.6 is 28.3 Å². The van der Waals surface area contributed by atoms with E-state index in [1.54, 1.807) is 19.5 Å². The van der Waals surface area contributed by atoms with Gasteiger partial charge in [-0.25, -0.2) is 4.98 Å². The van der Waals surface area contributed by atoms with Crippen molar-refractivity contribution in [2.45, 2.75) is 37.3 Å². The average Bonchev–Trinajstić information content (AvgIpc) is 3.31. The van der Waals surface area contributed by atoms with Gasteiger partial charge in [-0.15, -0.1) is 12.4 Å². The summed E-state index contributed by atoms with van der Waals surface area (Å²) in [4.78, 5) is 22.4. The van der Waals surface area contributed by atoms with Gasteiger partial charge < -0.3 is 25.7 Å². The van der Waals surface area contributed by atoms with E-state index in [0.29, 0.717) is 0 Å². The molecule has 2 fully saturated rings. The van der Waals surface area contributed by atoms with Gasteiger partial charge in [0.15, 0.2) is 0 Å². The monoisotopic (exact) mass is 443 g/mol. The quantitative estimate of drug-likeness (QED) is 0.674. The van der Waals surface area contributed by atoms with E-state index < -0.39 is 5.60 Å². The fraction of sp³-hybridized carbons (Fsp3) is 0.529. The lowest BCUT2D eigenvalue weighted by Gasteiger charge is -2.33. The third kappa shape index (κ3) is 3.31. The molecule has 0 spiro atoms. The zero-order valence-corrected chi connectivity index (χ0v) is 17.0. The molecule has 0 radical (unpaired) electrons. The number of carbonyl (C=O) groups excluding carboxylic acids is 1. The summed E-state index contributed by atoms with van der Waals surface area (Å²) in [6.45, 7) is 1.73. The maximum atomic E-state index is 12.6. The number of amides is 1. The van der Waals surface area contributed by atoms with Crippen LogP contribution < -0.4 is 16.0 Å². The molecule has 0 aromatic carbocycles. The molecule has 4 rings (SSSR count). The van der Waals surface area contributed by atoms with E-state index in [9.17, 15) is 4.79 Å². The lowest BCUT2D eigenvalue weighted by Crippen LogP contribution is -2.43. The molecule has 2 aliphatic rings. The van der Waals surface area contributed by atoms with E-state index in [4.69, 9.17) is 10.5 Å². The van der Waals surface area contributed by atoms with Crippen molar-refractivity contribution in [3.8, 4) is 0 Å². The van der Waals surface area contributed by atoms with Gasteiger partial charge in [0.05, 0.1) is 21.2 Å². The third-order valence-electron chi connectivity index (χ3n) is 5.16. The Morgan fingerprint density at radius 3 is 2.96 bits per heavy atom. The van der Waals surface area contributed by atoms with E-state index >= 15 is 0 Å². The first kappa shape index (κ1) is 19.4. The Hall–Kier alpha value is -1.35. The molecule has 26 heavy (non-hydrogen) atoms. The van der Waals surface area contributed by atoms with Gasteiger partial charge in [-0.1, -0.05) is 0 Å². The van der Waals surface area contributed by atoms with Gasteiger partial charge in [0.2, 0.25) is 0 Å². The van der Waals surface area contributed by atoms with Gasteiger partial charge in [0, 0.05) is 38.6 Å². The number of aromatic nitrogens is 2. The van der Waals surface area contributed by atoms with Crippen LogP contribution in [-0.2, 0) is 9.53 Å². The molecule has 9 heteroatoms. The van der Waals surface area contributed by atoms with Crippen molar-refractivity contribution in [2.75, 3.05) is 30.4 Å². The molecule has 1 saturated heterocycles. The topological polar surface area (TPSA) is 96.3 Å². The minimum absolute atomic E-state index is 0. The predicted octanol–water partition coefficient (Wildman–Crippen LogP) is 2.79. The molecule has 1 aliphatic heterocycles. The number of pyridine rings is 1. The number of nitrogens with two attached hydrogens (primary N) is 1. The van der Waals surface area contributed by atoms with Gasteiger partial charge in [0.1, 0.15) is 11.2 Å². The van der Waals surface area contributed by atoms with Gasteiger partial charge in [0.25, 0.3) is 5.91 Å². The van der Waals surface area contributed by atoms with E-state index in [1.807, 2.05) is 0 Å². The molecule has 4 N–H and O–H groups in total. The van der Waals surface area contributed by atoms with Gasteiger partial charge in [-0.3, -0.25) is 4.79 Å². The number of halogens is 2. The molecule has 1 aliphatic carbocycles. The van der Waals surface area contributed by atoms with Crippen LogP contribution in [0.2, 0.25) is 0 Å². The van der Waals surface area contributed by atoms with Crippen molar-refractivity contribution < 1.29 is 9.53 Å². The minimum atomic E-state index is -0.670. The highest BCUT2D eigenvalue weighted by Gasteiger charge is 2.50. The highest BCUT2D eigenvalue weighted by molar-refractivity contribution is 9.10. The number of nitrogens with zero attached hydrogens (tertiary/aromatic N) is 2. The Labute approximate surface area is 166 Å². The van der Waals surface area contributed by atoms with E-state index in [0.717, 1.165) is 65.7 Å². The van der Waals surface area contributed by atoms with Crippen molar-refractivity contribution >= 4 is 56.7 Å². The smallest absolute Gasteiger partial charge is 0.256 e. The van der Waals surface area contributed by atoms with Crippen LogP contribution in [0.3, 0.4) is 0 Å². The Morgan fingerprint density at radius 2 is 2.31 bits per heavy atom. The molecule has 3 heterocycles. The molecular formula is C17H23BrClN5O2. The summed E-state index contributed by atoms with van der Waals surface area (Å²) in [5.74, 6) is -0.0998. The summed E-state index contributed by atoms with van der Waals surface area (Å²) in [6.07, 6.45) is 7.19. The molecule has 142 valence electrons. The zero-order chi connectivity index (χ0) is 17.6. The van der Waals surface area contributed by atoms with Crippen LogP contribution in [0.1, 0.15) is 25.7 Å². The summed E-state index contributed by atoms with van der Waals surface area (Å²) < 4.78 is 6.28. The van der Waals surface area contributed by atoms with Crippen LogP contribution in [0.5, 0.6) is 0 Å². The Kier molecular flexibility index (Phi) is 5.48. The van der Waals surface area contributed by atoms with Crippen LogP contribution in [0.25, 0.3) is 11.0 Å². The lowest BCUT2D eigenvalue weighted by atomic mass is 10.1. The number of piperidine rings is 1. The second kappa shape index (κ2) is 7.34. The first-order valence-electron chi connectivity index (χ1n) is 8.57. The number of fused-ring (bicyclic) bond motifs is 1. The molecule has 1 amide bonds. The Balaban J connectivity index is 0.00000196. The van der Waals surface area contributed by atoms with Gasteiger partial charge >= 0.3 is 0 Å². The molecule has 0 unspecified atom stereocenters. The fourth-order valence-corrected chi connectivity index (χ4v) is 4.10. The highest BCUT2D eigenvalue weighted by atomic mass is 79.9. The summed E-state index contributed by atoms with van der Waals surface area (Å²) in [7, 11) is 1.58. The van der Waals surface area contributed by atoms with Crippen LogP contribution in [-0.4, -0.2) is 47.7 Å². The number of rotatable bonds is 4. The number of nitrogens with one attached hydrogen (secondary N) is 2. The zero-order valence-electron chi connectivity index (χ0n) is 14.5. The SMILES string of the molecule is COC1(C(=O)Nc2c[nH]c3ncc(Br)c(N4CCC[C@@H](N)C4)c23)CC1.Cl. The van der Waals surface area contributed by atoms with Gasteiger partial charge in [-0.2, -0.15) is 0 Å². The minimum Gasteiger partial charge on any atom is -0.368 e. The van der Waals surface area contributed by atoms with Crippen molar-refractivity contribution in [2.24, 2.45) is 5.73 Å². The second-order valence-corrected chi connectivity index (χ2v) is 7.74. The number of hydrogen-bond acceptors (Lipinski definition) is 5. The molecule has 2 aromatic rings. The van der Waals surface area contributed by atoms with E-state index in [2.05, 4.69) is 36.1 Å². The molecule has 1 atom stereocenters. The number of H-pyrrole nitrogens is 1. The maximum absolute atomic E-state index is 12.6. The molecule has 0 bridgehead atoms. The Morgan fingerprint density at radius 1 is 1.54 bits per heavy atom. The molecule has 7 nitrogen and oxygen atoms in total. The largest absolute Gasteiger partial charge is 0.368 e. The van der Waals surface area contributed by atoms with Crippen molar-refractivity contribution in [1.82, 2.24) is 9.97 Å². The Bertz CT molecular complexity index is 823. The maximum Gasteiger partial charge on any atom is 0.256 e. The summed E-state index contributed by atoms with van der Waals surface area (Å²) in [5, 5.41) is 3.93. The number of carbonyl (C=O) groups is 1. The number of aromatic amines is 1. The number of anilines is 2. The second-order valence-electron chi connectivity index (χ2n) is 6.88. The summed E-state index contributed by atoms with van der Waals surface area (Å²) in [5.41, 5.74) is 8.00. The number of hydrogen-bond donors (Lipinski definition) is 3. The lowest BCUT2D eigenvalue weighted by molar-refractivity contribution is -0.128. The highest BCUT2D eigenvalue weighted by Crippen LogP contribution is 2.42. The van der Waals surface area contributed by atoms with Crippen molar-refractivity contribution in [1.29, 1.82) is 0 Å². The summed E-state index contributed by atoms with van der Waals surface area (Å²) in [6, 6.07) is 0.157. The van der Waals surface area contributed by atoms with Crippen LogP contribution in [0.15, 0.2) is 16.9 Å². The standard InChI is InChI=1S/C17H22BrN5O2.ClH/c1-25-17(4-5-17)16(24)22-12-8-21-15-13(12)14(11(18)7-20-15)23-6-2-3-10(19)9-23;/h7-8,10H,2-6,9,19H2,1H3,(H,20,21)(H,22,24);1H/t10-;/m1./s1. The molecular weight excluding hydrogens is 422 g/mol. The van der Waals surface area contributed by atoms with E-state index in [1.165, 1.54) is 0 Å². The summed E-state index contributed by atoms with van der Waals surface area (Å²) >= 11 is 3.63. The van der Waals surface area contributed by atoms with Crippen molar-refractivity contribution in [3.63, 3.8) is 0 Å². The molecule has 2 aromatic heterocycles. The normalized spacial score (nSPS) is 21.3. The van der Waals surface area contributed by atoms with Gasteiger partial charge in [-0.05, 0) is 41.6 Å². The number of ether oxygens (including phenoxy) is 1. The average molecular weight is 445 g/mol. The molecule has 1 saturated carbocycles. The fourth-order valence-electron chi connectivity index (χ4n) is 3.55. The first-order chi connectivity index (χ1) is 12.0.